The fourth-order valence-corrected chi connectivity index (χ4v) is 2.82. The maximum Gasteiger partial charge on any atom is 0.311 e. The molecular weight excluding hydrogens is 352 g/mol. The zero-order valence-electron chi connectivity index (χ0n) is 9.11. The molecule has 0 N–H and O–H groups in total. The number of rotatable bonds is 3. The van der Waals surface area contributed by atoms with Crippen LogP contribution in [0.5, 0.6) is 0 Å². The molecule has 0 atom stereocenters. The van der Waals surface area contributed by atoms with E-state index in [4.69, 9.17) is 4.74 Å². The van der Waals surface area contributed by atoms with Gasteiger partial charge in [-0.15, -0.1) is 0 Å². The van der Waals surface area contributed by atoms with Crippen LogP contribution in [-0.4, -0.2) is 22.0 Å². The van der Waals surface area contributed by atoms with Crippen molar-refractivity contribution < 1.29 is 9.53 Å². The summed E-state index contributed by atoms with van der Waals surface area (Å²) in [6, 6.07) is 1.91. The Balaban J connectivity index is 2.32. The van der Waals surface area contributed by atoms with E-state index in [9.17, 15) is 4.79 Å². The third-order valence-electron chi connectivity index (χ3n) is 2.15. The van der Waals surface area contributed by atoms with Gasteiger partial charge in [-0.1, -0.05) is 0 Å². The Morgan fingerprint density at radius 2 is 2.24 bits per heavy atom. The summed E-state index contributed by atoms with van der Waals surface area (Å²) in [7, 11) is 0. The second-order valence-corrected chi connectivity index (χ2v) is 5.22. The molecule has 0 aliphatic carbocycles. The Morgan fingerprint density at radius 3 is 2.94 bits per heavy atom. The summed E-state index contributed by atoms with van der Waals surface area (Å²) in [5.41, 5.74) is 1.48. The maximum atomic E-state index is 11.3. The van der Waals surface area contributed by atoms with E-state index in [2.05, 4.69) is 36.8 Å². The minimum absolute atomic E-state index is 0.194. The number of fused-ring (bicyclic) bond motifs is 1. The predicted molar refractivity (Wildman–Crippen MR) is 70.9 cm³/mol. The molecule has 0 saturated heterocycles. The molecule has 2 heterocycles. The van der Waals surface area contributed by atoms with E-state index in [0.717, 1.165) is 14.6 Å². The molecule has 4 nitrogen and oxygen atoms in total. The molecule has 0 unspecified atom stereocenters. The molecule has 2 rings (SSSR count). The second kappa shape index (κ2) is 5.18. The summed E-state index contributed by atoms with van der Waals surface area (Å²) in [5, 5.41) is 0. The first-order valence-electron chi connectivity index (χ1n) is 5.08. The smallest absolute Gasteiger partial charge is 0.311 e. The summed E-state index contributed by atoms with van der Waals surface area (Å²) in [6.07, 6.45) is 3.91. The zero-order chi connectivity index (χ0) is 12.4. The SMILES string of the molecule is CCOC(=O)Cc1cn2cc(Br)cc(Br)c2n1. The van der Waals surface area contributed by atoms with Gasteiger partial charge in [-0.2, -0.15) is 0 Å². The molecule has 0 bridgehead atoms. The predicted octanol–water partition coefficient (Wildman–Crippen LogP) is 2.96. The van der Waals surface area contributed by atoms with Crippen LogP contribution in [0.15, 0.2) is 27.4 Å². The normalized spacial score (nSPS) is 10.8. The van der Waals surface area contributed by atoms with Crippen LogP contribution in [0, 0.1) is 0 Å². The number of hydrogen-bond donors (Lipinski definition) is 0. The van der Waals surface area contributed by atoms with Crippen LogP contribution in [0.1, 0.15) is 12.6 Å². The van der Waals surface area contributed by atoms with E-state index in [1.54, 1.807) is 6.92 Å². The number of hydrogen-bond acceptors (Lipinski definition) is 3. The lowest BCUT2D eigenvalue weighted by molar-refractivity contribution is -0.142. The fourth-order valence-electron chi connectivity index (χ4n) is 1.52. The highest BCUT2D eigenvalue weighted by Crippen LogP contribution is 2.22. The first-order chi connectivity index (χ1) is 8.10. The van der Waals surface area contributed by atoms with Gasteiger partial charge < -0.3 is 9.14 Å². The number of esters is 1. The molecule has 2 aromatic heterocycles. The van der Waals surface area contributed by atoms with E-state index in [1.165, 1.54) is 0 Å². The Morgan fingerprint density at radius 1 is 1.47 bits per heavy atom. The van der Waals surface area contributed by atoms with Crippen molar-refractivity contribution in [1.29, 1.82) is 0 Å². The fraction of sp³-hybridized carbons (Fsp3) is 0.273. The van der Waals surface area contributed by atoms with Crippen molar-refractivity contribution in [2.45, 2.75) is 13.3 Å². The third kappa shape index (κ3) is 2.87. The maximum absolute atomic E-state index is 11.3. The topological polar surface area (TPSA) is 43.6 Å². The molecule has 0 radical (unpaired) electrons. The van der Waals surface area contributed by atoms with E-state index < -0.39 is 0 Å². The van der Waals surface area contributed by atoms with E-state index in [0.29, 0.717) is 12.3 Å². The lowest BCUT2D eigenvalue weighted by atomic mass is 10.3. The van der Waals surface area contributed by atoms with Gasteiger partial charge in [0.15, 0.2) is 5.65 Å². The minimum atomic E-state index is -0.258. The first kappa shape index (κ1) is 12.6. The summed E-state index contributed by atoms with van der Waals surface area (Å²) in [5.74, 6) is -0.258. The van der Waals surface area contributed by atoms with Crippen molar-refractivity contribution in [3.63, 3.8) is 0 Å². The molecule has 0 amide bonds. The summed E-state index contributed by atoms with van der Waals surface area (Å²) in [4.78, 5) is 15.7. The Hall–Kier alpha value is -0.880. The van der Waals surface area contributed by atoms with Gasteiger partial charge in [0.05, 0.1) is 23.2 Å². The standard InChI is InChI=1S/C11H10Br2N2O2/c1-2-17-10(16)4-8-6-15-5-7(12)3-9(13)11(15)14-8/h3,5-6H,2,4H2,1H3. The van der Waals surface area contributed by atoms with Crippen molar-refractivity contribution >= 4 is 43.5 Å². The van der Waals surface area contributed by atoms with Crippen molar-refractivity contribution in [1.82, 2.24) is 9.38 Å². The summed E-state index contributed by atoms with van der Waals surface area (Å²) < 4.78 is 8.57. The molecule has 0 aromatic carbocycles. The van der Waals surface area contributed by atoms with Gasteiger partial charge in [0.2, 0.25) is 0 Å². The van der Waals surface area contributed by atoms with Gasteiger partial charge in [-0.3, -0.25) is 4.79 Å². The molecular formula is C11H10Br2N2O2. The molecule has 0 spiro atoms. The molecule has 0 aliphatic heterocycles. The number of nitrogens with zero attached hydrogens (tertiary/aromatic N) is 2. The van der Waals surface area contributed by atoms with Gasteiger partial charge in [0, 0.05) is 16.9 Å². The highest BCUT2D eigenvalue weighted by Gasteiger charge is 2.10. The highest BCUT2D eigenvalue weighted by molar-refractivity contribution is 9.11. The van der Waals surface area contributed by atoms with Crippen molar-refractivity contribution in [2.24, 2.45) is 0 Å². The van der Waals surface area contributed by atoms with Crippen molar-refractivity contribution in [2.75, 3.05) is 6.61 Å². The monoisotopic (exact) mass is 360 g/mol. The molecule has 90 valence electrons. The number of pyridine rings is 1. The van der Waals surface area contributed by atoms with E-state index >= 15 is 0 Å². The average molecular weight is 362 g/mol. The van der Waals surface area contributed by atoms with E-state index in [1.807, 2.05) is 22.9 Å². The van der Waals surface area contributed by atoms with Crippen molar-refractivity contribution in [3.05, 3.63) is 33.1 Å². The largest absolute Gasteiger partial charge is 0.466 e. The number of halogens is 2. The number of carbonyl (C=O) groups excluding carboxylic acids is 1. The molecule has 6 heteroatoms. The van der Waals surface area contributed by atoms with Gasteiger partial charge in [-0.05, 0) is 44.8 Å². The number of carbonyl (C=O) groups is 1. The summed E-state index contributed by atoms with van der Waals surface area (Å²) in [6.45, 7) is 2.18. The molecule has 17 heavy (non-hydrogen) atoms. The number of ether oxygens (including phenoxy) is 1. The lowest BCUT2D eigenvalue weighted by Gasteiger charge is -1.97. The zero-order valence-corrected chi connectivity index (χ0v) is 12.3. The third-order valence-corrected chi connectivity index (χ3v) is 3.17. The molecule has 0 saturated carbocycles. The molecule has 0 fully saturated rings. The van der Waals surface area contributed by atoms with Gasteiger partial charge in [-0.25, -0.2) is 4.98 Å². The van der Waals surface area contributed by atoms with Crippen LogP contribution in [-0.2, 0) is 16.0 Å². The van der Waals surface area contributed by atoms with Crippen LogP contribution in [0.4, 0.5) is 0 Å². The lowest BCUT2D eigenvalue weighted by Crippen LogP contribution is -2.07. The molecule has 0 aliphatic rings. The van der Waals surface area contributed by atoms with Crippen LogP contribution in [0.25, 0.3) is 5.65 Å². The van der Waals surface area contributed by atoms with Crippen LogP contribution in [0.2, 0.25) is 0 Å². The molecule has 2 aromatic rings. The number of imidazole rings is 1. The van der Waals surface area contributed by atoms with Crippen LogP contribution in [0.3, 0.4) is 0 Å². The Bertz CT molecular complexity index is 566. The quantitative estimate of drug-likeness (QED) is 0.789. The van der Waals surface area contributed by atoms with Gasteiger partial charge in [0.25, 0.3) is 0 Å². The van der Waals surface area contributed by atoms with Crippen LogP contribution < -0.4 is 0 Å². The van der Waals surface area contributed by atoms with E-state index in [-0.39, 0.29) is 12.4 Å². The van der Waals surface area contributed by atoms with Crippen molar-refractivity contribution in [3.8, 4) is 0 Å². The Labute approximate surface area is 115 Å². The second-order valence-electron chi connectivity index (χ2n) is 3.45. The average Bonchev–Trinajstić information content (AvgIpc) is 2.60. The van der Waals surface area contributed by atoms with Gasteiger partial charge >= 0.3 is 5.97 Å². The highest BCUT2D eigenvalue weighted by atomic mass is 79.9. The first-order valence-corrected chi connectivity index (χ1v) is 6.67. The summed E-state index contributed by atoms with van der Waals surface area (Å²) >= 11 is 6.83. The van der Waals surface area contributed by atoms with Crippen LogP contribution >= 0.6 is 31.9 Å². The number of aromatic nitrogens is 2. The Kier molecular flexibility index (Phi) is 3.83. The van der Waals surface area contributed by atoms with Gasteiger partial charge in [0.1, 0.15) is 0 Å². The minimum Gasteiger partial charge on any atom is -0.466 e.